The fourth-order valence-corrected chi connectivity index (χ4v) is 2.66. The van der Waals surface area contributed by atoms with E-state index in [2.05, 4.69) is 30.7 Å². The van der Waals surface area contributed by atoms with Crippen LogP contribution in [0.15, 0.2) is 18.3 Å². The van der Waals surface area contributed by atoms with Crippen LogP contribution >= 0.6 is 0 Å². The van der Waals surface area contributed by atoms with Gasteiger partial charge in [-0.2, -0.15) is 0 Å². The van der Waals surface area contributed by atoms with Gasteiger partial charge in [-0.15, -0.1) is 0 Å². The van der Waals surface area contributed by atoms with Gasteiger partial charge < -0.3 is 9.72 Å². The van der Waals surface area contributed by atoms with Crippen molar-refractivity contribution in [1.29, 1.82) is 0 Å². The smallest absolute Gasteiger partial charge is 0.222 e. The molecule has 0 atom stereocenters. The molecule has 3 aromatic rings. The molecule has 5 nitrogen and oxygen atoms in total. The highest BCUT2D eigenvalue weighted by molar-refractivity contribution is 5.80. The molecule has 3 heterocycles. The van der Waals surface area contributed by atoms with Gasteiger partial charge in [0, 0.05) is 11.9 Å². The number of aromatic amines is 1. The summed E-state index contributed by atoms with van der Waals surface area (Å²) in [5.41, 5.74) is 6.50. The largest absolute Gasteiger partial charge is 0.480 e. The van der Waals surface area contributed by atoms with E-state index in [4.69, 9.17) is 14.7 Å². The molecule has 1 N–H and O–H groups in total. The predicted molar refractivity (Wildman–Crippen MR) is 91.9 cm³/mol. The van der Waals surface area contributed by atoms with Crippen molar-refractivity contribution in [2.45, 2.75) is 40.0 Å². The molecule has 3 aromatic heterocycles. The van der Waals surface area contributed by atoms with Crippen LogP contribution in [-0.4, -0.2) is 27.0 Å². The van der Waals surface area contributed by atoms with Crippen LogP contribution in [0.4, 0.5) is 0 Å². The van der Waals surface area contributed by atoms with E-state index < -0.39 is 0 Å². The summed E-state index contributed by atoms with van der Waals surface area (Å²) in [6.45, 7) is 8.35. The van der Waals surface area contributed by atoms with Gasteiger partial charge in [0.15, 0.2) is 5.65 Å². The first-order valence-electron chi connectivity index (χ1n) is 7.95. The van der Waals surface area contributed by atoms with Crippen molar-refractivity contribution in [2.24, 2.45) is 0 Å². The lowest BCUT2D eigenvalue weighted by molar-refractivity contribution is 0.397. The number of hydrogen-bond donors (Lipinski definition) is 1. The van der Waals surface area contributed by atoms with Crippen molar-refractivity contribution in [1.82, 2.24) is 19.9 Å². The number of nitrogens with one attached hydrogen (secondary N) is 1. The quantitative estimate of drug-likeness (QED) is 0.790. The molecular weight excluding hydrogens is 288 g/mol. The van der Waals surface area contributed by atoms with E-state index in [0.29, 0.717) is 11.8 Å². The second-order valence-corrected chi connectivity index (χ2v) is 5.99. The minimum absolute atomic E-state index is 0.351. The molecule has 0 aliphatic heterocycles. The molecule has 0 saturated carbocycles. The Labute approximate surface area is 136 Å². The Bertz CT molecular complexity index is 852. The van der Waals surface area contributed by atoms with Crippen molar-refractivity contribution in [3.63, 3.8) is 0 Å². The third-order valence-corrected chi connectivity index (χ3v) is 4.02. The summed E-state index contributed by atoms with van der Waals surface area (Å²) in [4.78, 5) is 17.4. The molecule has 0 spiro atoms. The van der Waals surface area contributed by atoms with E-state index in [1.807, 2.05) is 25.3 Å². The zero-order valence-corrected chi connectivity index (χ0v) is 14.3. The summed E-state index contributed by atoms with van der Waals surface area (Å²) >= 11 is 0. The number of hydrogen-bond acceptors (Lipinski definition) is 4. The molecule has 0 aliphatic carbocycles. The maximum absolute atomic E-state index is 5.53. The SMILES string of the molecule is CCc1nc2[nH]cc(C)c2nc1-c1ccc(C(C)C)nc1OC. The van der Waals surface area contributed by atoms with E-state index in [1.54, 1.807) is 7.11 Å². The van der Waals surface area contributed by atoms with Crippen LogP contribution in [0.25, 0.3) is 22.4 Å². The Morgan fingerprint density at radius 2 is 1.96 bits per heavy atom. The van der Waals surface area contributed by atoms with Crippen molar-refractivity contribution in [2.75, 3.05) is 7.11 Å². The van der Waals surface area contributed by atoms with Crippen LogP contribution in [0.3, 0.4) is 0 Å². The molecule has 0 bridgehead atoms. The average Bonchev–Trinajstić information content (AvgIpc) is 2.93. The highest BCUT2D eigenvalue weighted by atomic mass is 16.5. The van der Waals surface area contributed by atoms with E-state index in [9.17, 15) is 0 Å². The van der Waals surface area contributed by atoms with Gasteiger partial charge in [0.05, 0.1) is 24.1 Å². The van der Waals surface area contributed by atoms with Crippen molar-refractivity contribution in [3.05, 3.63) is 35.3 Å². The highest BCUT2D eigenvalue weighted by Gasteiger charge is 2.17. The van der Waals surface area contributed by atoms with E-state index >= 15 is 0 Å². The van der Waals surface area contributed by atoms with Crippen molar-refractivity contribution >= 4 is 11.2 Å². The maximum atomic E-state index is 5.53. The fraction of sp³-hybridized carbons (Fsp3) is 0.389. The maximum Gasteiger partial charge on any atom is 0.222 e. The first-order valence-corrected chi connectivity index (χ1v) is 7.95. The summed E-state index contributed by atoms with van der Waals surface area (Å²) in [6.07, 6.45) is 2.73. The van der Waals surface area contributed by atoms with Gasteiger partial charge in [-0.3, -0.25) is 0 Å². The Morgan fingerprint density at radius 1 is 1.17 bits per heavy atom. The standard InChI is InChI=1S/C18H22N4O/c1-6-13-16(22-15-11(4)9-19-17(15)20-13)12-7-8-14(10(2)3)21-18(12)23-5/h7-10H,6H2,1-5H3,(H,19,20). The van der Waals surface area contributed by atoms with Gasteiger partial charge in [0.1, 0.15) is 5.52 Å². The van der Waals surface area contributed by atoms with E-state index in [-0.39, 0.29) is 0 Å². The van der Waals surface area contributed by atoms with Gasteiger partial charge in [0.2, 0.25) is 5.88 Å². The number of H-pyrrole nitrogens is 1. The van der Waals surface area contributed by atoms with Crippen molar-refractivity contribution in [3.8, 4) is 17.1 Å². The van der Waals surface area contributed by atoms with Crippen LogP contribution in [0.5, 0.6) is 5.88 Å². The third-order valence-electron chi connectivity index (χ3n) is 4.02. The number of methoxy groups -OCH3 is 1. The van der Waals surface area contributed by atoms with E-state index in [1.165, 1.54) is 0 Å². The Kier molecular flexibility index (Phi) is 4.03. The van der Waals surface area contributed by atoms with Crippen LogP contribution in [0.1, 0.15) is 43.6 Å². The van der Waals surface area contributed by atoms with Crippen LogP contribution in [-0.2, 0) is 6.42 Å². The average molecular weight is 310 g/mol. The molecule has 120 valence electrons. The molecule has 0 radical (unpaired) electrons. The Morgan fingerprint density at radius 3 is 2.61 bits per heavy atom. The molecule has 0 fully saturated rings. The van der Waals surface area contributed by atoms with Gasteiger partial charge >= 0.3 is 0 Å². The Hall–Kier alpha value is -2.43. The molecule has 0 aromatic carbocycles. The number of aromatic nitrogens is 4. The van der Waals surface area contributed by atoms with Crippen molar-refractivity contribution < 1.29 is 4.74 Å². The topological polar surface area (TPSA) is 63.7 Å². The lowest BCUT2D eigenvalue weighted by Gasteiger charge is -2.13. The molecule has 5 heteroatoms. The molecule has 0 amide bonds. The minimum Gasteiger partial charge on any atom is -0.480 e. The first kappa shape index (κ1) is 15.5. The molecule has 3 rings (SSSR count). The highest BCUT2D eigenvalue weighted by Crippen LogP contribution is 2.32. The minimum atomic E-state index is 0.351. The van der Waals surface area contributed by atoms with Gasteiger partial charge in [-0.25, -0.2) is 15.0 Å². The number of pyridine rings is 1. The zero-order chi connectivity index (χ0) is 16.6. The normalized spacial score (nSPS) is 11.4. The van der Waals surface area contributed by atoms with Gasteiger partial charge in [-0.05, 0) is 37.0 Å². The molecule has 23 heavy (non-hydrogen) atoms. The number of fused-ring (bicyclic) bond motifs is 1. The first-order chi connectivity index (χ1) is 11.0. The van der Waals surface area contributed by atoms with Crippen LogP contribution in [0, 0.1) is 6.92 Å². The third kappa shape index (κ3) is 2.67. The number of ether oxygens (including phenoxy) is 1. The molecule has 0 aliphatic rings. The number of nitrogens with zero attached hydrogens (tertiary/aromatic N) is 3. The zero-order valence-electron chi connectivity index (χ0n) is 14.3. The monoisotopic (exact) mass is 310 g/mol. The summed E-state index contributed by atoms with van der Waals surface area (Å²) in [5.74, 6) is 0.955. The number of aryl methyl sites for hydroxylation is 2. The molecular formula is C18H22N4O. The molecule has 0 saturated heterocycles. The van der Waals surface area contributed by atoms with Crippen LogP contribution in [0.2, 0.25) is 0 Å². The summed E-state index contributed by atoms with van der Waals surface area (Å²) in [5, 5.41) is 0. The summed E-state index contributed by atoms with van der Waals surface area (Å²) in [6, 6.07) is 4.08. The van der Waals surface area contributed by atoms with Gasteiger partial charge in [0.25, 0.3) is 0 Å². The van der Waals surface area contributed by atoms with E-state index in [0.717, 1.165) is 45.8 Å². The second kappa shape index (κ2) is 5.99. The van der Waals surface area contributed by atoms with Crippen LogP contribution < -0.4 is 4.74 Å². The van der Waals surface area contributed by atoms with Gasteiger partial charge in [-0.1, -0.05) is 20.8 Å². The summed E-state index contributed by atoms with van der Waals surface area (Å²) in [7, 11) is 1.65. The molecule has 0 unspecified atom stereocenters. The lowest BCUT2D eigenvalue weighted by atomic mass is 10.1. The Balaban J connectivity index is 2.24. The number of rotatable bonds is 4. The lowest BCUT2D eigenvalue weighted by Crippen LogP contribution is -2.02. The second-order valence-electron chi connectivity index (χ2n) is 5.99. The summed E-state index contributed by atoms with van der Waals surface area (Å²) < 4.78 is 5.53. The fourth-order valence-electron chi connectivity index (χ4n) is 2.66. The predicted octanol–water partition coefficient (Wildman–Crippen LogP) is 4.02.